The van der Waals surface area contributed by atoms with Gasteiger partial charge in [0, 0.05) is 13.1 Å². The predicted molar refractivity (Wildman–Crippen MR) is 52.9 cm³/mol. The van der Waals surface area contributed by atoms with Crippen LogP contribution in [0.5, 0.6) is 5.75 Å². The molecule has 1 fully saturated rings. The summed E-state index contributed by atoms with van der Waals surface area (Å²) in [5, 5.41) is 24.7. The standard InChI is InChI=1S/C10H14N2O2/c13-8-3-1-7(2-4-8)10-11-5-9(14)6-12-10/h1-4,9-14H,5-6H2. The maximum atomic E-state index is 9.25. The molecule has 0 spiro atoms. The molecule has 0 atom stereocenters. The summed E-state index contributed by atoms with van der Waals surface area (Å²) in [5.74, 6) is 0.268. The van der Waals surface area contributed by atoms with Gasteiger partial charge in [-0.1, -0.05) is 12.1 Å². The Morgan fingerprint density at radius 1 is 1.07 bits per heavy atom. The number of aliphatic hydroxyl groups excluding tert-OH is 1. The van der Waals surface area contributed by atoms with Crippen LogP contribution >= 0.6 is 0 Å². The lowest BCUT2D eigenvalue weighted by atomic mass is 10.1. The van der Waals surface area contributed by atoms with Crippen molar-refractivity contribution in [3.8, 4) is 5.75 Å². The smallest absolute Gasteiger partial charge is 0.115 e. The van der Waals surface area contributed by atoms with Crippen molar-refractivity contribution in [2.75, 3.05) is 13.1 Å². The first-order valence-electron chi connectivity index (χ1n) is 4.69. The number of aromatic hydroxyl groups is 1. The number of β-amino-alcohol motifs (C(OH)–C–C–N with tert-alkyl or cyclic N) is 1. The van der Waals surface area contributed by atoms with Crippen LogP contribution in [0.15, 0.2) is 24.3 Å². The van der Waals surface area contributed by atoms with Gasteiger partial charge >= 0.3 is 0 Å². The first-order valence-corrected chi connectivity index (χ1v) is 4.69. The van der Waals surface area contributed by atoms with Gasteiger partial charge in [0.25, 0.3) is 0 Å². The minimum atomic E-state index is -0.316. The molecule has 14 heavy (non-hydrogen) atoms. The van der Waals surface area contributed by atoms with Crippen molar-refractivity contribution in [3.05, 3.63) is 29.8 Å². The maximum Gasteiger partial charge on any atom is 0.115 e. The molecule has 4 heteroatoms. The molecule has 2 rings (SSSR count). The third-order valence-corrected chi connectivity index (χ3v) is 2.34. The fraction of sp³-hybridized carbons (Fsp3) is 0.400. The molecule has 0 amide bonds. The molecule has 0 radical (unpaired) electrons. The molecule has 1 aliphatic rings. The molecule has 1 aromatic rings. The topological polar surface area (TPSA) is 64.5 Å². The molecule has 1 saturated heterocycles. The van der Waals surface area contributed by atoms with Crippen LogP contribution in [-0.4, -0.2) is 29.4 Å². The van der Waals surface area contributed by atoms with Gasteiger partial charge in [0.2, 0.25) is 0 Å². The maximum absolute atomic E-state index is 9.25. The van der Waals surface area contributed by atoms with E-state index in [9.17, 15) is 5.11 Å². The molecule has 1 heterocycles. The highest BCUT2D eigenvalue weighted by atomic mass is 16.3. The zero-order chi connectivity index (χ0) is 9.97. The second-order valence-electron chi connectivity index (χ2n) is 3.49. The molecule has 0 bridgehead atoms. The summed E-state index contributed by atoms with van der Waals surface area (Å²) in [6.07, 6.45) is -0.248. The lowest BCUT2D eigenvalue weighted by molar-refractivity contribution is 0.129. The third-order valence-electron chi connectivity index (χ3n) is 2.34. The van der Waals surface area contributed by atoms with Crippen LogP contribution in [0.1, 0.15) is 11.7 Å². The van der Waals surface area contributed by atoms with E-state index in [1.807, 2.05) is 12.1 Å². The number of hydrogen-bond acceptors (Lipinski definition) is 4. The fourth-order valence-corrected chi connectivity index (χ4v) is 1.55. The van der Waals surface area contributed by atoms with Crippen LogP contribution in [0.2, 0.25) is 0 Å². The lowest BCUT2D eigenvalue weighted by Gasteiger charge is -2.28. The quantitative estimate of drug-likeness (QED) is 0.506. The second kappa shape index (κ2) is 3.96. The molecule has 0 unspecified atom stereocenters. The minimum absolute atomic E-state index is 0.0685. The summed E-state index contributed by atoms with van der Waals surface area (Å²) in [6.45, 7) is 1.19. The predicted octanol–water partition coefficient (Wildman–Crippen LogP) is -0.0555. The Morgan fingerprint density at radius 3 is 2.21 bits per heavy atom. The van der Waals surface area contributed by atoms with E-state index in [2.05, 4.69) is 10.6 Å². The molecular weight excluding hydrogens is 180 g/mol. The van der Waals surface area contributed by atoms with Crippen LogP contribution in [0.25, 0.3) is 0 Å². The SMILES string of the molecule is Oc1ccc(C2NCC(O)CN2)cc1. The van der Waals surface area contributed by atoms with E-state index >= 15 is 0 Å². The summed E-state index contributed by atoms with van der Waals surface area (Å²) >= 11 is 0. The molecule has 1 aromatic carbocycles. The van der Waals surface area contributed by atoms with E-state index in [0.29, 0.717) is 13.1 Å². The number of aliphatic hydroxyl groups is 1. The number of nitrogens with one attached hydrogen (secondary N) is 2. The van der Waals surface area contributed by atoms with Gasteiger partial charge < -0.3 is 10.2 Å². The minimum Gasteiger partial charge on any atom is -0.508 e. The third kappa shape index (κ3) is 2.04. The number of benzene rings is 1. The Balaban J connectivity index is 2.05. The number of phenolic OH excluding ortho intramolecular Hbond substituents is 1. The Bertz CT molecular complexity index is 291. The van der Waals surface area contributed by atoms with Crippen molar-refractivity contribution in [1.82, 2.24) is 10.6 Å². The van der Waals surface area contributed by atoms with Crippen molar-refractivity contribution in [2.24, 2.45) is 0 Å². The molecule has 4 nitrogen and oxygen atoms in total. The Morgan fingerprint density at radius 2 is 1.64 bits per heavy atom. The summed E-state index contributed by atoms with van der Waals surface area (Å²) < 4.78 is 0. The van der Waals surface area contributed by atoms with E-state index < -0.39 is 0 Å². The van der Waals surface area contributed by atoms with Crippen molar-refractivity contribution in [3.63, 3.8) is 0 Å². The average molecular weight is 194 g/mol. The molecule has 0 saturated carbocycles. The largest absolute Gasteiger partial charge is 0.508 e. The van der Waals surface area contributed by atoms with Crippen molar-refractivity contribution >= 4 is 0 Å². The highest BCUT2D eigenvalue weighted by molar-refractivity contribution is 5.27. The van der Waals surface area contributed by atoms with E-state index in [1.165, 1.54) is 0 Å². The zero-order valence-corrected chi connectivity index (χ0v) is 7.77. The van der Waals surface area contributed by atoms with Crippen LogP contribution in [0.4, 0.5) is 0 Å². The van der Waals surface area contributed by atoms with E-state index in [4.69, 9.17) is 5.11 Å². The summed E-state index contributed by atoms with van der Waals surface area (Å²) in [6, 6.07) is 7.03. The van der Waals surface area contributed by atoms with E-state index in [1.54, 1.807) is 12.1 Å². The highest BCUT2D eigenvalue weighted by Gasteiger charge is 2.18. The summed E-state index contributed by atoms with van der Waals surface area (Å²) in [5.41, 5.74) is 1.06. The fourth-order valence-electron chi connectivity index (χ4n) is 1.55. The van der Waals surface area contributed by atoms with Gasteiger partial charge in [-0.05, 0) is 17.7 Å². The average Bonchev–Trinajstić information content (AvgIpc) is 2.21. The summed E-state index contributed by atoms with van der Waals surface area (Å²) in [4.78, 5) is 0. The second-order valence-corrected chi connectivity index (χ2v) is 3.49. The van der Waals surface area contributed by atoms with Gasteiger partial charge in [0.1, 0.15) is 5.75 Å². The van der Waals surface area contributed by atoms with E-state index in [-0.39, 0.29) is 18.0 Å². The van der Waals surface area contributed by atoms with E-state index in [0.717, 1.165) is 5.56 Å². The molecule has 0 aromatic heterocycles. The van der Waals surface area contributed by atoms with Gasteiger partial charge in [-0.15, -0.1) is 0 Å². The normalized spacial score (nSPS) is 27.5. The molecule has 1 aliphatic heterocycles. The van der Waals surface area contributed by atoms with Crippen molar-refractivity contribution < 1.29 is 10.2 Å². The van der Waals surface area contributed by atoms with Crippen LogP contribution in [-0.2, 0) is 0 Å². The van der Waals surface area contributed by atoms with Crippen LogP contribution in [0.3, 0.4) is 0 Å². The van der Waals surface area contributed by atoms with Gasteiger partial charge in [-0.2, -0.15) is 0 Å². The van der Waals surface area contributed by atoms with Crippen LogP contribution in [0, 0.1) is 0 Å². The lowest BCUT2D eigenvalue weighted by Crippen LogP contribution is -2.49. The monoisotopic (exact) mass is 194 g/mol. The Labute approximate surface area is 82.6 Å². The van der Waals surface area contributed by atoms with Gasteiger partial charge in [0.15, 0.2) is 0 Å². The highest BCUT2D eigenvalue weighted by Crippen LogP contribution is 2.16. The first kappa shape index (κ1) is 9.45. The molecule has 76 valence electrons. The summed E-state index contributed by atoms with van der Waals surface area (Å²) in [7, 11) is 0. The molecular formula is C10H14N2O2. The Kier molecular flexibility index (Phi) is 2.67. The number of phenols is 1. The van der Waals surface area contributed by atoms with Gasteiger partial charge in [0.05, 0.1) is 12.3 Å². The molecule has 4 N–H and O–H groups in total. The van der Waals surface area contributed by atoms with Gasteiger partial charge in [-0.3, -0.25) is 10.6 Å². The van der Waals surface area contributed by atoms with Gasteiger partial charge in [-0.25, -0.2) is 0 Å². The van der Waals surface area contributed by atoms with Crippen LogP contribution < -0.4 is 10.6 Å². The Hall–Kier alpha value is -1.10. The van der Waals surface area contributed by atoms with Crippen molar-refractivity contribution in [1.29, 1.82) is 0 Å². The zero-order valence-electron chi connectivity index (χ0n) is 7.77. The molecule has 0 aliphatic carbocycles. The number of rotatable bonds is 1. The number of hydrogen-bond donors (Lipinski definition) is 4. The van der Waals surface area contributed by atoms with Crippen molar-refractivity contribution in [2.45, 2.75) is 12.3 Å². The first-order chi connectivity index (χ1) is 6.75.